The van der Waals surface area contributed by atoms with Crippen molar-refractivity contribution in [3.05, 3.63) is 10.4 Å². The summed E-state index contributed by atoms with van der Waals surface area (Å²) in [7, 11) is 0. The zero-order valence-electron chi connectivity index (χ0n) is 27.0. The molecule has 0 saturated heterocycles. The second-order valence-electron chi connectivity index (χ2n) is 14.9. The maximum Gasteiger partial charge on any atom is 0.242 e. The van der Waals surface area contributed by atoms with Gasteiger partial charge in [0.25, 0.3) is 0 Å². The standard InChI is InChI=1S/C32H55N7O4/c1-6-7-22-24-10-9-23(32(24,5)27(41)18-25(22)30(3)15-12-21(40)13-16-30)20(2)8-11-28(42)36-26(14-17-31(4)37-38-31)29(43)34-19-35-39-33/h20-27,40-41H,6-19H2,1-5H3,(H,34,43)(H,36,42)/t20-,21-,22+,23-,24+,25?,26?,27?,30+,32-/m1/s1. The molecule has 3 unspecified atom stereocenters. The average molecular weight is 602 g/mol. The number of nitrogens with zero attached hydrogens (tertiary/aromatic N) is 5. The minimum absolute atomic E-state index is 0.171. The van der Waals surface area contributed by atoms with Gasteiger partial charge in [0, 0.05) is 11.3 Å². The van der Waals surface area contributed by atoms with Gasteiger partial charge in [-0.3, -0.25) is 9.59 Å². The van der Waals surface area contributed by atoms with Gasteiger partial charge in [0.2, 0.25) is 11.8 Å². The lowest BCUT2D eigenvalue weighted by atomic mass is 9.48. The molecule has 1 aliphatic heterocycles. The van der Waals surface area contributed by atoms with E-state index in [0.717, 1.165) is 51.4 Å². The van der Waals surface area contributed by atoms with E-state index >= 15 is 0 Å². The van der Waals surface area contributed by atoms with Crippen LogP contribution in [0, 0.1) is 40.4 Å². The molecule has 11 heteroatoms. The molecule has 4 N–H and O–H groups in total. The molecule has 0 aromatic rings. The lowest BCUT2D eigenvalue weighted by molar-refractivity contribution is -0.144. The Labute approximate surface area is 257 Å². The van der Waals surface area contributed by atoms with Crippen molar-refractivity contribution in [1.82, 2.24) is 10.6 Å². The number of amides is 2. The lowest BCUT2D eigenvalue weighted by Crippen LogP contribution is -2.55. The third kappa shape index (κ3) is 7.54. The first-order valence-corrected chi connectivity index (χ1v) is 16.7. The molecule has 4 rings (SSSR count). The summed E-state index contributed by atoms with van der Waals surface area (Å²) in [6.45, 7) is 10.9. The Bertz CT molecular complexity index is 1060. The van der Waals surface area contributed by atoms with Gasteiger partial charge >= 0.3 is 0 Å². The van der Waals surface area contributed by atoms with Crippen molar-refractivity contribution in [3.63, 3.8) is 0 Å². The molecule has 0 aromatic heterocycles. The maximum absolute atomic E-state index is 13.1. The number of hydrogen-bond acceptors (Lipinski definition) is 7. The summed E-state index contributed by atoms with van der Waals surface area (Å²) in [5.74, 6) is 1.56. The van der Waals surface area contributed by atoms with E-state index in [0.29, 0.717) is 49.4 Å². The van der Waals surface area contributed by atoms with E-state index in [1.165, 1.54) is 6.42 Å². The topological polar surface area (TPSA) is 172 Å². The quantitative estimate of drug-likeness (QED) is 0.109. The second-order valence-corrected chi connectivity index (χ2v) is 14.9. The van der Waals surface area contributed by atoms with Crippen LogP contribution in [-0.4, -0.2) is 52.6 Å². The van der Waals surface area contributed by atoms with Crippen LogP contribution < -0.4 is 10.6 Å². The van der Waals surface area contributed by atoms with E-state index in [-0.39, 0.29) is 47.4 Å². The van der Waals surface area contributed by atoms with Gasteiger partial charge in [-0.05, 0) is 117 Å². The van der Waals surface area contributed by atoms with Crippen LogP contribution in [0.2, 0.25) is 0 Å². The first-order chi connectivity index (χ1) is 20.4. The molecule has 242 valence electrons. The first kappa shape index (κ1) is 33.7. The van der Waals surface area contributed by atoms with Crippen LogP contribution in [0.5, 0.6) is 0 Å². The van der Waals surface area contributed by atoms with Gasteiger partial charge < -0.3 is 20.8 Å². The van der Waals surface area contributed by atoms with Crippen molar-refractivity contribution in [2.45, 2.75) is 142 Å². The highest BCUT2D eigenvalue weighted by molar-refractivity contribution is 5.87. The monoisotopic (exact) mass is 601 g/mol. The van der Waals surface area contributed by atoms with E-state index in [1.54, 1.807) is 0 Å². The van der Waals surface area contributed by atoms with Gasteiger partial charge in [0.15, 0.2) is 5.66 Å². The highest BCUT2D eigenvalue weighted by Gasteiger charge is 2.61. The van der Waals surface area contributed by atoms with E-state index in [4.69, 9.17) is 5.53 Å². The van der Waals surface area contributed by atoms with E-state index in [9.17, 15) is 19.8 Å². The summed E-state index contributed by atoms with van der Waals surface area (Å²) in [4.78, 5) is 28.5. The molecule has 0 aromatic carbocycles. The molecule has 43 heavy (non-hydrogen) atoms. The number of carbonyl (C=O) groups is 2. The van der Waals surface area contributed by atoms with Crippen molar-refractivity contribution in [1.29, 1.82) is 0 Å². The fourth-order valence-electron chi connectivity index (χ4n) is 9.41. The number of hydrogen-bond donors (Lipinski definition) is 4. The number of nitrogens with one attached hydrogen (secondary N) is 2. The summed E-state index contributed by atoms with van der Waals surface area (Å²) in [5, 5.41) is 38.9. The highest BCUT2D eigenvalue weighted by Crippen LogP contribution is 2.65. The fraction of sp³-hybridized carbons (Fsp3) is 0.938. The molecule has 3 aliphatic carbocycles. The molecule has 2 amide bonds. The zero-order valence-corrected chi connectivity index (χ0v) is 27.0. The predicted molar refractivity (Wildman–Crippen MR) is 164 cm³/mol. The molecule has 8 atom stereocenters. The Morgan fingerprint density at radius 2 is 1.77 bits per heavy atom. The summed E-state index contributed by atoms with van der Waals surface area (Å²) in [5.41, 5.74) is 8.04. The molecular formula is C32H55N7O4. The SMILES string of the molecule is CCC[C@@H]1C([C@]2(C)CC[C@H](O)CC2)CC(O)[C@]2(C)[C@@H]([C@H](C)CCC(=O)NC(CCC3(C)N=N3)C(=O)NCN=[N+]=[N-])CC[C@@H]12. The van der Waals surface area contributed by atoms with Crippen LogP contribution in [0.4, 0.5) is 0 Å². The Hall–Kier alpha value is -2.23. The van der Waals surface area contributed by atoms with Gasteiger partial charge in [-0.1, -0.05) is 45.7 Å². The first-order valence-electron chi connectivity index (χ1n) is 16.7. The molecule has 0 spiro atoms. The van der Waals surface area contributed by atoms with Crippen molar-refractivity contribution in [2.75, 3.05) is 6.67 Å². The van der Waals surface area contributed by atoms with Crippen LogP contribution >= 0.6 is 0 Å². The van der Waals surface area contributed by atoms with E-state index in [2.05, 4.69) is 58.6 Å². The maximum atomic E-state index is 13.1. The van der Waals surface area contributed by atoms with Crippen molar-refractivity contribution in [2.24, 2.45) is 55.8 Å². The number of aliphatic hydroxyl groups is 2. The van der Waals surface area contributed by atoms with Crippen molar-refractivity contribution >= 4 is 11.8 Å². The zero-order chi connectivity index (χ0) is 31.4. The number of azide groups is 1. The summed E-state index contributed by atoms with van der Waals surface area (Å²) < 4.78 is 0. The molecule has 4 aliphatic rings. The Morgan fingerprint density at radius 3 is 2.40 bits per heavy atom. The van der Waals surface area contributed by atoms with E-state index in [1.807, 2.05) is 6.92 Å². The van der Waals surface area contributed by atoms with Crippen LogP contribution in [-0.2, 0) is 9.59 Å². The highest BCUT2D eigenvalue weighted by atomic mass is 16.3. The molecule has 3 fully saturated rings. The summed E-state index contributed by atoms with van der Waals surface area (Å²) >= 11 is 0. The minimum Gasteiger partial charge on any atom is -0.393 e. The Balaban J connectivity index is 1.38. The number of carbonyl (C=O) groups excluding carboxylic acids is 2. The number of aliphatic hydroxyl groups excluding tert-OH is 2. The third-order valence-corrected chi connectivity index (χ3v) is 12.1. The summed E-state index contributed by atoms with van der Waals surface area (Å²) in [6.07, 6.45) is 10.5. The van der Waals surface area contributed by atoms with Crippen LogP contribution in [0.1, 0.15) is 118 Å². The predicted octanol–water partition coefficient (Wildman–Crippen LogP) is 6.00. The van der Waals surface area contributed by atoms with Gasteiger partial charge in [0.1, 0.15) is 6.04 Å². The Morgan fingerprint density at radius 1 is 1.07 bits per heavy atom. The van der Waals surface area contributed by atoms with Gasteiger partial charge in [-0.25, -0.2) is 0 Å². The largest absolute Gasteiger partial charge is 0.393 e. The number of fused-ring (bicyclic) bond motifs is 1. The van der Waals surface area contributed by atoms with Crippen LogP contribution in [0.3, 0.4) is 0 Å². The molecular weight excluding hydrogens is 546 g/mol. The van der Waals surface area contributed by atoms with Gasteiger partial charge in [-0.2, -0.15) is 10.2 Å². The molecule has 1 heterocycles. The Kier molecular flexibility index (Phi) is 10.8. The van der Waals surface area contributed by atoms with Gasteiger partial charge in [0.05, 0.1) is 18.9 Å². The molecule has 3 saturated carbocycles. The average Bonchev–Trinajstić information content (AvgIpc) is 3.60. The molecule has 0 radical (unpaired) electrons. The van der Waals surface area contributed by atoms with Gasteiger partial charge in [-0.15, -0.1) is 0 Å². The molecule has 0 bridgehead atoms. The van der Waals surface area contributed by atoms with Crippen LogP contribution in [0.25, 0.3) is 10.4 Å². The second kappa shape index (κ2) is 13.8. The van der Waals surface area contributed by atoms with Crippen molar-refractivity contribution in [3.8, 4) is 0 Å². The minimum atomic E-state index is -0.748. The molecule has 11 nitrogen and oxygen atoms in total. The number of rotatable bonds is 14. The van der Waals surface area contributed by atoms with E-state index < -0.39 is 11.7 Å². The van der Waals surface area contributed by atoms with Crippen molar-refractivity contribution < 1.29 is 19.8 Å². The third-order valence-electron chi connectivity index (χ3n) is 12.1. The normalized spacial score (nSPS) is 37.5. The smallest absolute Gasteiger partial charge is 0.242 e. The van der Waals surface area contributed by atoms with Crippen LogP contribution in [0.15, 0.2) is 15.3 Å². The lowest BCUT2D eigenvalue weighted by Gasteiger charge is -2.58. The fourth-order valence-corrected chi connectivity index (χ4v) is 9.41. The summed E-state index contributed by atoms with van der Waals surface area (Å²) in [6, 6.07) is -0.748.